The number of amides is 1. The normalized spacial score (nSPS) is 23.4. The van der Waals surface area contributed by atoms with Crippen molar-refractivity contribution in [2.75, 3.05) is 40.0 Å². The Balaban J connectivity index is 1.51. The van der Waals surface area contributed by atoms with Gasteiger partial charge in [-0.15, -0.1) is 0 Å². The molecular formula is C20H27NO6. The van der Waals surface area contributed by atoms with Crippen LogP contribution in [0.25, 0.3) is 0 Å². The first kappa shape index (κ1) is 19.6. The SMILES string of the molecule is COCCOc1ccc(C(=O)N2CCC([C@@H]3OCCC3C(=O)O)CC2)cc1. The molecule has 1 N–H and O–H groups in total. The Hall–Kier alpha value is -2.12. The predicted molar refractivity (Wildman–Crippen MR) is 97.9 cm³/mol. The molecule has 7 heteroatoms. The van der Waals surface area contributed by atoms with Crippen LogP contribution in [0.3, 0.4) is 0 Å². The summed E-state index contributed by atoms with van der Waals surface area (Å²) in [5, 5.41) is 9.33. The van der Waals surface area contributed by atoms with Crippen LogP contribution in [0.1, 0.15) is 29.6 Å². The number of benzene rings is 1. The lowest BCUT2D eigenvalue weighted by molar-refractivity contribution is -0.145. The molecule has 1 unspecified atom stereocenters. The van der Waals surface area contributed by atoms with Gasteiger partial charge in [-0.3, -0.25) is 9.59 Å². The highest BCUT2D eigenvalue weighted by Gasteiger charge is 2.40. The topological polar surface area (TPSA) is 85.3 Å². The van der Waals surface area contributed by atoms with Gasteiger partial charge in [0.25, 0.3) is 5.91 Å². The average Bonchev–Trinajstić information content (AvgIpc) is 3.19. The molecule has 0 bridgehead atoms. The number of hydrogen-bond donors (Lipinski definition) is 1. The summed E-state index contributed by atoms with van der Waals surface area (Å²) in [7, 11) is 1.62. The molecule has 1 aromatic rings. The molecule has 2 aliphatic heterocycles. The molecule has 2 fully saturated rings. The number of ether oxygens (including phenoxy) is 3. The van der Waals surface area contributed by atoms with E-state index in [2.05, 4.69) is 0 Å². The Labute approximate surface area is 159 Å². The quantitative estimate of drug-likeness (QED) is 0.732. The molecule has 1 amide bonds. The lowest BCUT2D eigenvalue weighted by Gasteiger charge is -2.35. The standard InChI is InChI=1S/C20H27NO6/c1-25-12-13-26-16-4-2-15(3-5-16)19(22)21-9-6-14(7-10-21)18-17(20(23)24)8-11-27-18/h2-5,14,17-18H,6-13H2,1H3,(H,23,24)/t17?,18-/m0/s1. The fraction of sp³-hybridized carbons (Fsp3) is 0.600. The summed E-state index contributed by atoms with van der Waals surface area (Å²) in [5.41, 5.74) is 0.632. The molecule has 27 heavy (non-hydrogen) atoms. The van der Waals surface area contributed by atoms with Gasteiger partial charge < -0.3 is 24.2 Å². The van der Waals surface area contributed by atoms with E-state index in [1.807, 2.05) is 4.90 Å². The van der Waals surface area contributed by atoms with Crippen LogP contribution in [0.2, 0.25) is 0 Å². The first-order chi connectivity index (χ1) is 13.1. The Bertz CT molecular complexity index is 638. The number of methoxy groups -OCH3 is 1. The van der Waals surface area contributed by atoms with E-state index < -0.39 is 11.9 Å². The molecule has 0 aromatic heterocycles. The van der Waals surface area contributed by atoms with E-state index in [4.69, 9.17) is 14.2 Å². The van der Waals surface area contributed by atoms with Crippen molar-refractivity contribution in [1.82, 2.24) is 4.90 Å². The number of rotatable bonds is 7. The van der Waals surface area contributed by atoms with E-state index >= 15 is 0 Å². The largest absolute Gasteiger partial charge is 0.491 e. The minimum absolute atomic E-state index is 0.000911. The molecule has 2 atom stereocenters. The van der Waals surface area contributed by atoms with Crippen molar-refractivity contribution >= 4 is 11.9 Å². The summed E-state index contributed by atoms with van der Waals surface area (Å²) < 4.78 is 16.2. The van der Waals surface area contributed by atoms with Crippen LogP contribution in [0.5, 0.6) is 5.75 Å². The number of likely N-dealkylation sites (tertiary alicyclic amines) is 1. The van der Waals surface area contributed by atoms with Crippen molar-refractivity contribution in [3.05, 3.63) is 29.8 Å². The highest BCUT2D eigenvalue weighted by atomic mass is 16.5. The number of nitrogens with zero attached hydrogens (tertiary/aromatic N) is 1. The Morgan fingerprint density at radius 1 is 1.15 bits per heavy atom. The van der Waals surface area contributed by atoms with Crippen LogP contribution in [0.15, 0.2) is 24.3 Å². The van der Waals surface area contributed by atoms with Crippen LogP contribution >= 0.6 is 0 Å². The summed E-state index contributed by atoms with van der Waals surface area (Å²) in [4.78, 5) is 25.9. The minimum Gasteiger partial charge on any atom is -0.491 e. The second-order valence-electron chi connectivity index (χ2n) is 7.06. The third-order valence-electron chi connectivity index (χ3n) is 5.40. The van der Waals surface area contributed by atoms with Crippen molar-refractivity contribution in [1.29, 1.82) is 0 Å². The molecule has 2 saturated heterocycles. The first-order valence-corrected chi connectivity index (χ1v) is 9.45. The van der Waals surface area contributed by atoms with Gasteiger partial charge >= 0.3 is 5.97 Å². The van der Waals surface area contributed by atoms with Crippen LogP contribution in [0, 0.1) is 11.8 Å². The predicted octanol–water partition coefficient (Wildman–Crippen LogP) is 2.05. The second-order valence-corrected chi connectivity index (χ2v) is 7.06. The second kappa shape index (κ2) is 9.19. The number of carboxylic acids is 1. The summed E-state index contributed by atoms with van der Waals surface area (Å²) in [5.74, 6) is -0.277. The van der Waals surface area contributed by atoms with Gasteiger partial charge in [0.15, 0.2) is 0 Å². The fourth-order valence-corrected chi connectivity index (χ4v) is 3.89. The van der Waals surface area contributed by atoms with E-state index in [-0.39, 0.29) is 17.9 Å². The van der Waals surface area contributed by atoms with Crippen LogP contribution in [0.4, 0.5) is 0 Å². The molecule has 2 heterocycles. The molecular weight excluding hydrogens is 350 g/mol. The van der Waals surface area contributed by atoms with Gasteiger partial charge in [0.05, 0.1) is 18.6 Å². The van der Waals surface area contributed by atoms with Crippen molar-refractivity contribution in [2.45, 2.75) is 25.4 Å². The van der Waals surface area contributed by atoms with Gasteiger partial charge in [-0.1, -0.05) is 0 Å². The van der Waals surface area contributed by atoms with Crippen molar-refractivity contribution < 1.29 is 28.9 Å². The maximum atomic E-state index is 12.7. The highest BCUT2D eigenvalue weighted by Crippen LogP contribution is 2.33. The van der Waals surface area contributed by atoms with Crippen LogP contribution in [-0.4, -0.2) is 68.0 Å². The highest BCUT2D eigenvalue weighted by molar-refractivity contribution is 5.94. The zero-order chi connectivity index (χ0) is 19.2. The molecule has 1 aromatic carbocycles. The average molecular weight is 377 g/mol. The molecule has 0 radical (unpaired) electrons. The Kier molecular flexibility index (Phi) is 6.68. The lowest BCUT2D eigenvalue weighted by Crippen LogP contribution is -2.43. The molecule has 148 valence electrons. The monoisotopic (exact) mass is 377 g/mol. The number of hydrogen-bond acceptors (Lipinski definition) is 5. The van der Waals surface area contributed by atoms with E-state index in [9.17, 15) is 14.7 Å². The van der Waals surface area contributed by atoms with E-state index in [0.29, 0.717) is 50.6 Å². The molecule has 2 aliphatic rings. The summed E-state index contributed by atoms with van der Waals surface area (Å²) in [6.45, 7) is 2.75. The smallest absolute Gasteiger partial charge is 0.309 e. The van der Waals surface area contributed by atoms with Gasteiger partial charge in [-0.25, -0.2) is 0 Å². The third-order valence-corrected chi connectivity index (χ3v) is 5.40. The summed E-state index contributed by atoms with van der Waals surface area (Å²) >= 11 is 0. The van der Waals surface area contributed by atoms with Crippen LogP contribution < -0.4 is 4.74 Å². The third kappa shape index (κ3) is 4.78. The van der Waals surface area contributed by atoms with Crippen molar-refractivity contribution in [3.8, 4) is 5.75 Å². The fourth-order valence-electron chi connectivity index (χ4n) is 3.89. The lowest BCUT2D eigenvalue weighted by atomic mass is 9.84. The maximum absolute atomic E-state index is 12.7. The Morgan fingerprint density at radius 2 is 1.85 bits per heavy atom. The Morgan fingerprint density at radius 3 is 2.48 bits per heavy atom. The van der Waals surface area contributed by atoms with Gasteiger partial charge in [-0.05, 0) is 49.4 Å². The van der Waals surface area contributed by atoms with Crippen molar-refractivity contribution in [3.63, 3.8) is 0 Å². The molecule has 0 saturated carbocycles. The summed E-state index contributed by atoms with van der Waals surface area (Å²) in [6.07, 6.45) is 1.91. The maximum Gasteiger partial charge on any atom is 0.309 e. The zero-order valence-electron chi connectivity index (χ0n) is 15.6. The number of aliphatic carboxylic acids is 1. The van der Waals surface area contributed by atoms with E-state index in [1.54, 1.807) is 31.4 Å². The molecule has 0 spiro atoms. The number of carbonyl (C=O) groups is 2. The number of carbonyl (C=O) groups excluding carboxylic acids is 1. The number of piperidine rings is 1. The van der Waals surface area contributed by atoms with Gasteiger partial charge in [0.1, 0.15) is 12.4 Å². The van der Waals surface area contributed by atoms with Gasteiger partial charge in [0, 0.05) is 32.4 Å². The minimum atomic E-state index is -0.774. The molecule has 3 rings (SSSR count). The van der Waals surface area contributed by atoms with Crippen molar-refractivity contribution in [2.24, 2.45) is 11.8 Å². The molecule has 0 aliphatic carbocycles. The number of carboxylic acid groups (broad SMARTS) is 1. The van der Waals surface area contributed by atoms with Gasteiger partial charge in [-0.2, -0.15) is 0 Å². The summed E-state index contributed by atoms with van der Waals surface area (Å²) in [6, 6.07) is 7.13. The molecule has 7 nitrogen and oxygen atoms in total. The van der Waals surface area contributed by atoms with E-state index in [1.165, 1.54) is 0 Å². The van der Waals surface area contributed by atoms with Crippen LogP contribution in [-0.2, 0) is 14.3 Å². The first-order valence-electron chi connectivity index (χ1n) is 9.45. The van der Waals surface area contributed by atoms with E-state index in [0.717, 1.165) is 12.8 Å². The van der Waals surface area contributed by atoms with Gasteiger partial charge in [0.2, 0.25) is 0 Å². The zero-order valence-corrected chi connectivity index (χ0v) is 15.6.